The fraction of sp³-hybridized carbons (Fsp3) is 0.333. The number of nitrogens with zero attached hydrogens (tertiary/aromatic N) is 3. The van der Waals surface area contributed by atoms with Crippen molar-refractivity contribution in [1.29, 1.82) is 0 Å². The van der Waals surface area contributed by atoms with Crippen LogP contribution in [0.4, 0.5) is 20.2 Å². The van der Waals surface area contributed by atoms with Crippen LogP contribution in [-0.2, 0) is 9.59 Å². The molecule has 1 saturated carbocycles. The standard InChI is InChI=1S/C21H20F2N4O7/c22-14-16(24)13-17(27(9-1-2-9)8-10(19(13)30)20(31)32)15(23)18(14)26-5-3-25(4-6-26)11(21(33)34)7-12(28)29/h7-9H,1-6,24H2,(H,28,29)(H,31,32)(H,33,34)/b11-7-. The number of aromatic nitrogens is 1. The minimum atomic E-state index is -1.54. The molecule has 1 aliphatic heterocycles. The topological polar surface area (TPSA) is 166 Å². The summed E-state index contributed by atoms with van der Waals surface area (Å²) in [6, 6.07) is -0.260. The number of carbonyl (C=O) groups is 3. The van der Waals surface area contributed by atoms with Crippen LogP contribution in [0.2, 0.25) is 0 Å². The van der Waals surface area contributed by atoms with Crippen LogP contribution in [-0.4, -0.2) is 68.9 Å². The lowest BCUT2D eigenvalue weighted by molar-refractivity contribution is -0.136. The molecule has 1 aromatic carbocycles. The highest BCUT2D eigenvalue weighted by Gasteiger charge is 2.34. The molecule has 1 aliphatic carbocycles. The lowest BCUT2D eigenvalue weighted by Crippen LogP contribution is -2.47. The molecule has 1 aromatic heterocycles. The van der Waals surface area contributed by atoms with Crippen LogP contribution in [0.3, 0.4) is 0 Å². The number of piperazine rings is 1. The number of nitrogen functional groups attached to an aromatic ring is 1. The minimum Gasteiger partial charge on any atom is -0.478 e. The molecular formula is C21H20F2N4O7. The number of pyridine rings is 1. The van der Waals surface area contributed by atoms with Gasteiger partial charge >= 0.3 is 17.9 Å². The van der Waals surface area contributed by atoms with Gasteiger partial charge in [0.15, 0.2) is 11.6 Å². The number of benzene rings is 1. The van der Waals surface area contributed by atoms with Gasteiger partial charge in [-0.25, -0.2) is 23.2 Å². The number of aliphatic carboxylic acids is 2. The highest BCUT2D eigenvalue weighted by Crippen LogP contribution is 2.41. The van der Waals surface area contributed by atoms with Crippen LogP contribution >= 0.6 is 0 Å². The number of carboxylic acids is 3. The van der Waals surface area contributed by atoms with Gasteiger partial charge in [-0.3, -0.25) is 4.79 Å². The second-order valence-electron chi connectivity index (χ2n) is 8.08. The van der Waals surface area contributed by atoms with E-state index in [1.807, 2.05) is 0 Å². The lowest BCUT2D eigenvalue weighted by Gasteiger charge is -2.37. The molecule has 4 rings (SSSR count). The van der Waals surface area contributed by atoms with Crippen molar-refractivity contribution < 1.29 is 38.5 Å². The normalized spacial score (nSPS) is 16.7. The van der Waals surface area contributed by atoms with E-state index in [0.29, 0.717) is 18.9 Å². The Balaban J connectivity index is 1.80. The number of rotatable bonds is 6. The third-order valence-electron chi connectivity index (χ3n) is 5.95. The number of anilines is 2. The fourth-order valence-corrected chi connectivity index (χ4v) is 4.20. The molecule has 34 heavy (non-hydrogen) atoms. The molecule has 0 unspecified atom stereocenters. The number of fused-ring (bicyclic) bond motifs is 1. The van der Waals surface area contributed by atoms with Crippen molar-refractivity contribution in [2.24, 2.45) is 0 Å². The van der Waals surface area contributed by atoms with E-state index in [9.17, 15) is 29.4 Å². The maximum absolute atomic E-state index is 15.8. The summed E-state index contributed by atoms with van der Waals surface area (Å²) in [6.07, 6.45) is 2.83. The monoisotopic (exact) mass is 478 g/mol. The fourth-order valence-electron chi connectivity index (χ4n) is 4.20. The average molecular weight is 478 g/mol. The van der Waals surface area contributed by atoms with E-state index < -0.39 is 63.0 Å². The summed E-state index contributed by atoms with van der Waals surface area (Å²) in [5.41, 5.74) is 2.22. The van der Waals surface area contributed by atoms with Crippen LogP contribution in [0.25, 0.3) is 10.9 Å². The van der Waals surface area contributed by atoms with E-state index in [2.05, 4.69) is 0 Å². The molecule has 11 nitrogen and oxygen atoms in total. The molecule has 2 heterocycles. The molecule has 0 atom stereocenters. The van der Waals surface area contributed by atoms with Gasteiger partial charge in [-0.2, -0.15) is 0 Å². The highest BCUT2D eigenvalue weighted by molar-refractivity contribution is 6.00. The number of nitrogens with two attached hydrogens (primary N) is 1. The van der Waals surface area contributed by atoms with Gasteiger partial charge in [-0.05, 0) is 12.8 Å². The van der Waals surface area contributed by atoms with E-state index in [4.69, 9.17) is 10.8 Å². The van der Waals surface area contributed by atoms with Gasteiger partial charge in [-0.15, -0.1) is 0 Å². The Morgan fingerprint density at radius 3 is 2.15 bits per heavy atom. The van der Waals surface area contributed by atoms with Gasteiger partial charge in [0.1, 0.15) is 16.9 Å². The van der Waals surface area contributed by atoms with Gasteiger partial charge in [0.2, 0.25) is 5.43 Å². The van der Waals surface area contributed by atoms with Crippen molar-refractivity contribution in [3.8, 4) is 0 Å². The molecule has 13 heteroatoms. The van der Waals surface area contributed by atoms with E-state index in [1.54, 1.807) is 0 Å². The second kappa shape index (κ2) is 8.32. The largest absolute Gasteiger partial charge is 0.478 e. The van der Waals surface area contributed by atoms with Gasteiger partial charge in [0, 0.05) is 38.4 Å². The first-order chi connectivity index (χ1) is 16.0. The number of aromatic carboxylic acids is 1. The Kier molecular flexibility index (Phi) is 5.63. The highest BCUT2D eigenvalue weighted by atomic mass is 19.1. The smallest absolute Gasteiger partial charge is 0.352 e. The number of hydrogen-bond donors (Lipinski definition) is 4. The first-order valence-corrected chi connectivity index (χ1v) is 10.3. The zero-order valence-corrected chi connectivity index (χ0v) is 17.6. The summed E-state index contributed by atoms with van der Waals surface area (Å²) in [4.78, 5) is 49.1. The Hall–Kier alpha value is -4.16. The molecular weight excluding hydrogens is 458 g/mol. The van der Waals surface area contributed by atoms with Crippen molar-refractivity contribution >= 4 is 40.2 Å². The van der Waals surface area contributed by atoms with E-state index in [-0.39, 0.29) is 37.7 Å². The molecule has 2 aliphatic rings. The molecule has 1 saturated heterocycles. The summed E-state index contributed by atoms with van der Waals surface area (Å²) < 4.78 is 32.4. The predicted molar refractivity (Wildman–Crippen MR) is 115 cm³/mol. The molecule has 180 valence electrons. The molecule has 2 aromatic rings. The van der Waals surface area contributed by atoms with Crippen LogP contribution < -0.4 is 16.1 Å². The van der Waals surface area contributed by atoms with Gasteiger partial charge < -0.3 is 35.4 Å². The third-order valence-corrected chi connectivity index (χ3v) is 5.95. The Labute approximate surface area is 189 Å². The quantitative estimate of drug-likeness (QED) is 0.348. The summed E-state index contributed by atoms with van der Waals surface area (Å²) in [6.45, 7) is -0.223. The molecule has 5 N–H and O–H groups in total. The Morgan fingerprint density at radius 2 is 1.65 bits per heavy atom. The summed E-state index contributed by atoms with van der Waals surface area (Å²) in [7, 11) is 0. The zero-order valence-electron chi connectivity index (χ0n) is 17.6. The molecule has 0 spiro atoms. The molecule has 0 bridgehead atoms. The van der Waals surface area contributed by atoms with Crippen LogP contribution in [0.1, 0.15) is 29.2 Å². The van der Waals surface area contributed by atoms with Gasteiger partial charge in [0.25, 0.3) is 0 Å². The lowest BCUT2D eigenvalue weighted by atomic mass is 10.1. The SMILES string of the molecule is Nc1c(F)c(N2CCN(/C(=C\C(=O)O)C(=O)O)CC2)c(F)c2c1c(=O)c(C(=O)O)cn2C1CC1. The van der Waals surface area contributed by atoms with Gasteiger partial charge in [-0.1, -0.05) is 0 Å². The molecule has 2 fully saturated rings. The Bertz CT molecular complexity index is 1330. The number of hydrogen-bond acceptors (Lipinski definition) is 7. The van der Waals surface area contributed by atoms with Crippen LogP contribution in [0.5, 0.6) is 0 Å². The van der Waals surface area contributed by atoms with Crippen LogP contribution in [0, 0.1) is 11.6 Å². The van der Waals surface area contributed by atoms with Crippen molar-refractivity contribution in [1.82, 2.24) is 9.47 Å². The van der Waals surface area contributed by atoms with E-state index in [1.165, 1.54) is 14.4 Å². The number of halogens is 2. The van der Waals surface area contributed by atoms with E-state index >= 15 is 8.78 Å². The molecule has 0 amide bonds. The molecule has 0 radical (unpaired) electrons. The predicted octanol–water partition coefficient (Wildman–Crippen LogP) is 1.07. The van der Waals surface area contributed by atoms with Crippen molar-refractivity contribution in [3.63, 3.8) is 0 Å². The first-order valence-electron chi connectivity index (χ1n) is 10.3. The third kappa shape index (κ3) is 3.78. The maximum atomic E-state index is 15.8. The van der Waals surface area contributed by atoms with Crippen molar-refractivity contribution in [2.75, 3.05) is 36.8 Å². The Morgan fingerprint density at radius 1 is 1.03 bits per heavy atom. The van der Waals surface area contributed by atoms with Crippen LogP contribution in [0.15, 0.2) is 22.8 Å². The second-order valence-corrected chi connectivity index (χ2v) is 8.08. The average Bonchev–Trinajstić information content (AvgIpc) is 3.61. The first kappa shape index (κ1) is 23.0. The summed E-state index contributed by atoms with van der Waals surface area (Å²) in [5.74, 6) is -6.73. The maximum Gasteiger partial charge on any atom is 0.352 e. The summed E-state index contributed by atoms with van der Waals surface area (Å²) in [5, 5.41) is 27.0. The van der Waals surface area contributed by atoms with E-state index in [0.717, 1.165) is 6.20 Å². The van der Waals surface area contributed by atoms with Crippen molar-refractivity contribution in [2.45, 2.75) is 18.9 Å². The summed E-state index contributed by atoms with van der Waals surface area (Å²) >= 11 is 0. The van der Waals surface area contributed by atoms with Gasteiger partial charge in [0.05, 0.1) is 22.7 Å². The zero-order chi connectivity index (χ0) is 24.9. The minimum absolute atomic E-state index is 0.0460. The van der Waals surface area contributed by atoms with Crippen molar-refractivity contribution in [3.05, 3.63) is 45.4 Å². The number of carboxylic acid groups (broad SMARTS) is 3.